The normalized spacial score (nSPS) is 29.2. The van der Waals surface area contributed by atoms with E-state index in [2.05, 4.69) is 10.6 Å². The second kappa shape index (κ2) is 19.7. The van der Waals surface area contributed by atoms with Gasteiger partial charge in [-0.15, -0.1) is 0 Å². The van der Waals surface area contributed by atoms with Crippen LogP contribution in [0.2, 0.25) is 0 Å². The number of nitrogens with one attached hydrogen (secondary N) is 2. The number of aliphatic hydroxyl groups is 4. The van der Waals surface area contributed by atoms with Gasteiger partial charge in [0.2, 0.25) is 11.8 Å². The maximum Gasteiger partial charge on any atom is 0.222 e. The van der Waals surface area contributed by atoms with Gasteiger partial charge in [0.25, 0.3) is 0 Å². The maximum atomic E-state index is 12.4. The Balaban J connectivity index is 0.00000722. The molecule has 0 aromatic heterocycles. The first-order chi connectivity index (χ1) is 17.8. The molecule has 5 unspecified atom stereocenters. The van der Waals surface area contributed by atoms with Gasteiger partial charge in [-0.1, -0.05) is 6.42 Å². The van der Waals surface area contributed by atoms with E-state index in [-0.39, 0.29) is 63.3 Å². The fourth-order valence-electron chi connectivity index (χ4n) is 4.84. The minimum absolute atomic E-state index is 0. The molecule has 6 N–H and O–H groups in total. The molecular formula is C25H47N3O9Y. The molecule has 219 valence electrons. The van der Waals surface area contributed by atoms with Crippen molar-refractivity contribution in [2.75, 3.05) is 46.6 Å². The van der Waals surface area contributed by atoms with Crippen LogP contribution >= 0.6 is 0 Å². The molecule has 2 amide bonds. The van der Waals surface area contributed by atoms with Crippen molar-refractivity contribution in [1.82, 2.24) is 15.5 Å². The number of carbonyl (C=O) groups excluding carboxylic acids is 2. The van der Waals surface area contributed by atoms with Gasteiger partial charge < -0.3 is 50.2 Å². The number of amides is 2. The summed E-state index contributed by atoms with van der Waals surface area (Å²) >= 11 is 0. The van der Waals surface area contributed by atoms with E-state index in [1.54, 1.807) is 12.0 Å². The number of hydrogen-bond acceptors (Lipinski definition) is 10. The van der Waals surface area contributed by atoms with Crippen molar-refractivity contribution in [1.29, 1.82) is 0 Å². The van der Waals surface area contributed by atoms with Crippen LogP contribution in [0.15, 0.2) is 0 Å². The molecule has 2 saturated heterocycles. The zero-order valence-electron chi connectivity index (χ0n) is 22.8. The molecule has 0 aromatic carbocycles. The number of rotatable bonds is 17. The van der Waals surface area contributed by atoms with E-state index in [4.69, 9.17) is 14.2 Å². The van der Waals surface area contributed by atoms with Crippen LogP contribution in [0.25, 0.3) is 0 Å². The minimum Gasteiger partial charge on any atom is -0.394 e. The van der Waals surface area contributed by atoms with Crippen LogP contribution < -0.4 is 10.6 Å². The van der Waals surface area contributed by atoms with Gasteiger partial charge >= 0.3 is 0 Å². The number of aliphatic hydroxyl groups excluding tert-OH is 4. The molecule has 38 heavy (non-hydrogen) atoms. The third kappa shape index (κ3) is 11.7. The van der Waals surface area contributed by atoms with Crippen molar-refractivity contribution in [2.45, 2.75) is 101 Å². The third-order valence-electron chi connectivity index (χ3n) is 7.02. The molecule has 2 rings (SSSR count). The summed E-state index contributed by atoms with van der Waals surface area (Å²) in [6.45, 7) is 3.49. The molecule has 12 nitrogen and oxygen atoms in total. The average Bonchev–Trinajstić information content (AvgIpc) is 3.32. The predicted molar refractivity (Wildman–Crippen MR) is 135 cm³/mol. The Bertz CT molecular complexity index is 678. The van der Waals surface area contributed by atoms with Crippen molar-refractivity contribution >= 4 is 11.8 Å². The van der Waals surface area contributed by atoms with Gasteiger partial charge in [-0.3, -0.25) is 9.59 Å². The Morgan fingerprint density at radius 2 is 1.68 bits per heavy atom. The summed E-state index contributed by atoms with van der Waals surface area (Å²) in [6, 6.07) is -1.05. The van der Waals surface area contributed by atoms with Gasteiger partial charge in [-0.25, -0.2) is 0 Å². The molecule has 2 fully saturated rings. The molecule has 2 heterocycles. The summed E-state index contributed by atoms with van der Waals surface area (Å²) in [7, 11) is 1.64. The zero-order chi connectivity index (χ0) is 27.2. The number of methoxy groups -OCH3 is 1. The first-order valence-electron chi connectivity index (χ1n) is 13.5. The fourth-order valence-corrected chi connectivity index (χ4v) is 4.84. The number of ether oxygens (including phenoxy) is 3. The summed E-state index contributed by atoms with van der Waals surface area (Å²) in [6.07, 6.45) is 2.06. The Morgan fingerprint density at radius 1 is 1.00 bits per heavy atom. The molecule has 0 saturated carbocycles. The molecule has 0 bridgehead atoms. The van der Waals surface area contributed by atoms with E-state index in [1.807, 2.05) is 0 Å². The van der Waals surface area contributed by atoms with Crippen LogP contribution in [0.5, 0.6) is 0 Å². The number of likely N-dealkylation sites (tertiary alicyclic amines) is 1. The zero-order valence-corrected chi connectivity index (χ0v) is 25.6. The van der Waals surface area contributed by atoms with Crippen molar-refractivity contribution in [3.63, 3.8) is 0 Å². The number of unbranched alkanes of at least 4 members (excludes halogenated alkanes) is 4. The first-order valence-corrected chi connectivity index (χ1v) is 13.5. The molecule has 1 radical (unpaired) electrons. The van der Waals surface area contributed by atoms with Crippen molar-refractivity contribution in [3.05, 3.63) is 0 Å². The van der Waals surface area contributed by atoms with Gasteiger partial charge in [-0.2, -0.15) is 0 Å². The summed E-state index contributed by atoms with van der Waals surface area (Å²) < 4.78 is 16.6. The summed E-state index contributed by atoms with van der Waals surface area (Å²) in [4.78, 5) is 25.6. The van der Waals surface area contributed by atoms with Crippen LogP contribution in [0.4, 0.5) is 0 Å². The third-order valence-corrected chi connectivity index (χ3v) is 7.02. The molecule has 2 aliphatic rings. The maximum absolute atomic E-state index is 12.4. The molecule has 13 heteroatoms. The molecule has 2 aliphatic heterocycles. The molecular weight excluding hydrogens is 575 g/mol. The van der Waals surface area contributed by atoms with E-state index in [9.17, 15) is 30.0 Å². The largest absolute Gasteiger partial charge is 0.394 e. The van der Waals surface area contributed by atoms with Crippen LogP contribution in [-0.2, 0) is 56.5 Å². The van der Waals surface area contributed by atoms with Crippen LogP contribution in [0, 0.1) is 0 Å². The van der Waals surface area contributed by atoms with Crippen LogP contribution in [0.1, 0.15) is 58.3 Å². The van der Waals surface area contributed by atoms with E-state index < -0.39 is 37.3 Å². The Kier molecular flexibility index (Phi) is 18.6. The molecule has 0 spiro atoms. The van der Waals surface area contributed by atoms with E-state index in [1.165, 1.54) is 6.92 Å². The number of hydrogen-bond donors (Lipinski definition) is 6. The van der Waals surface area contributed by atoms with E-state index in [0.717, 1.165) is 51.6 Å². The standard InChI is InChI=1S/C25H47N3O9.Y/c1-17(31)27-22-24(34)23(33)20(16-30)37-25(22)36-12-8-4-7-11-26-10-6-3-5-9-21(32)28-14-19(35-2)13-18(28)15-29;/h18-20,22-26,29-30,33-34H,3-16H2,1-2H3,(H,27,31);/t18-,19+,20?,22?,23?,24?,25?;/m0./s1. The van der Waals surface area contributed by atoms with Crippen molar-refractivity contribution < 1.29 is 76.9 Å². The quantitative estimate of drug-likeness (QED) is 0.109. The smallest absolute Gasteiger partial charge is 0.222 e. The topological polar surface area (TPSA) is 170 Å². The van der Waals surface area contributed by atoms with Gasteiger partial charge in [0, 0.05) is 66.3 Å². The SMILES string of the molecule is CO[C@@H]1C[C@@H](CO)N(C(=O)CCCCCNCCCCCOC2OC(CO)C(O)C(O)C2NC(C)=O)C1.[Y]. The molecule has 7 atom stereocenters. The second-order valence-electron chi connectivity index (χ2n) is 9.90. The Labute approximate surface area is 251 Å². The fraction of sp³-hybridized carbons (Fsp3) is 0.920. The summed E-state index contributed by atoms with van der Waals surface area (Å²) in [5.74, 6) is -0.288. The second-order valence-corrected chi connectivity index (χ2v) is 9.90. The summed E-state index contributed by atoms with van der Waals surface area (Å²) in [5, 5.41) is 45.1. The molecule has 0 aromatic rings. The van der Waals surface area contributed by atoms with Crippen LogP contribution in [0.3, 0.4) is 0 Å². The number of nitrogens with zero attached hydrogens (tertiary/aromatic N) is 1. The Hall–Kier alpha value is -0.276. The minimum atomic E-state index is -1.32. The van der Waals surface area contributed by atoms with Gasteiger partial charge in [0.15, 0.2) is 6.29 Å². The molecule has 0 aliphatic carbocycles. The summed E-state index contributed by atoms with van der Waals surface area (Å²) in [5.41, 5.74) is 0. The van der Waals surface area contributed by atoms with Gasteiger partial charge in [0.05, 0.1) is 25.4 Å². The van der Waals surface area contributed by atoms with Gasteiger partial charge in [-0.05, 0) is 51.6 Å². The average molecular weight is 623 g/mol. The van der Waals surface area contributed by atoms with Crippen molar-refractivity contribution in [3.8, 4) is 0 Å². The predicted octanol–water partition coefficient (Wildman–Crippen LogP) is -1.13. The van der Waals surface area contributed by atoms with E-state index in [0.29, 0.717) is 26.0 Å². The van der Waals surface area contributed by atoms with Gasteiger partial charge in [0.1, 0.15) is 24.4 Å². The van der Waals surface area contributed by atoms with E-state index >= 15 is 0 Å². The number of carbonyl (C=O) groups is 2. The Morgan fingerprint density at radius 3 is 2.29 bits per heavy atom. The van der Waals surface area contributed by atoms with Crippen molar-refractivity contribution in [2.24, 2.45) is 0 Å². The monoisotopic (exact) mass is 622 g/mol. The first kappa shape index (κ1) is 35.8. The van der Waals surface area contributed by atoms with Crippen LogP contribution in [-0.4, -0.2) is 126 Å².